The van der Waals surface area contributed by atoms with E-state index in [0.29, 0.717) is 35.5 Å². The van der Waals surface area contributed by atoms with Crippen LogP contribution in [0.3, 0.4) is 0 Å². The number of nitro benzene ring substituents is 1. The fourth-order valence-electron chi connectivity index (χ4n) is 3.97. The van der Waals surface area contributed by atoms with Gasteiger partial charge in [0.15, 0.2) is 0 Å². The summed E-state index contributed by atoms with van der Waals surface area (Å²) in [4.78, 5) is 24.1. The van der Waals surface area contributed by atoms with Crippen molar-refractivity contribution in [3.8, 4) is 11.8 Å². The summed E-state index contributed by atoms with van der Waals surface area (Å²) in [7, 11) is 0. The van der Waals surface area contributed by atoms with Gasteiger partial charge in [0.2, 0.25) is 5.88 Å². The Kier molecular flexibility index (Phi) is 5.48. The summed E-state index contributed by atoms with van der Waals surface area (Å²) in [5.41, 5.74) is 8.39. The number of nitrogens with two attached hydrogens (primary N) is 1. The van der Waals surface area contributed by atoms with Crippen LogP contribution in [0.5, 0.6) is 5.75 Å². The molecule has 1 aliphatic rings. The molecule has 3 aromatic rings. The van der Waals surface area contributed by atoms with E-state index in [-0.39, 0.29) is 22.7 Å². The van der Waals surface area contributed by atoms with Gasteiger partial charge in [-0.05, 0) is 24.5 Å². The Morgan fingerprint density at radius 3 is 2.50 bits per heavy atom. The van der Waals surface area contributed by atoms with E-state index in [1.54, 1.807) is 10.6 Å². The molecule has 0 bridgehead atoms. The molecule has 32 heavy (non-hydrogen) atoms. The monoisotopic (exact) mass is 428 g/mol. The van der Waals surface area contributed by atoms with Crippen LogP contribution in [0.15, 0.2) is 76.9 Å². The number of nitriles is 1. The van der Waals surface area contributed by atoms with E-state index in [2.05, 4.69) is 0 Å². The first-order valence-corrected chi connectivity index (χ1v) is 10.0. The fraction of sp³-hybridized carbons (Fsp3) is 0.167. The van der Waals surface area contributed by atoms with Crippen molar-refractivity contribution in [2.24, 2.45) is 5.73 Å². The number of rotatable bonds is 5. The second kappa shape index (κ2) is 8.40. The van der Waals surface area contributed by atoms with Crippen molar-refractivity contribution in [3.63, 3.8) is 0 Å². The molecule has 0 spiro atoms. The maximum absolute atomic E-state index is 13.6. The molecule has 1 aromatic heterocycles. The van der Waals surface area contributed by atoms with Crippen molar-refractivity contribution in [1.29, 1.82) is 5.26 Å². The van der Waals surface area contributed by atoms with E-state index >= 15 is 0 Å². The lowest BCUT2D eigenvalue weighted by Gasteiger charge is -2.27. The number of pyridine rings is 1. The van der Waals surface area contributed by atoms with E-state index in [0.717, 1.165) is 5.56 Å². The Labute approximate surface area is 183 Å². The minimum Gasteiger partial charge on any atom is -0.440 e. The molecule has 8 heteroatoms. The Balaban J connectivity index is 1.82. The van der Waals surface area contributed by atoms with Gasteiger partial charge in [-0.1, -0.05) is 42.5 Å². The van der Waals surface area contributed by atoms with Crippen molar-refractivity contribution in [3.05, 3.63) is 115 Å². The van der Waals surface area contributed by atoms with Crippen LogP contribution in [0, 0.1) is 28.4 Å². The van der Waals surface area contributed by atoms with E-state index in [4.69, 9.17) is 10.5 Å². The zero-order valence-corrected chi connectivity index (χ0v) is 17.3. The second-order valence-electron chi connectivity index (χ2n) is 7.53. The van der Waals surface area contributed by atoms with Crippen LogP contribution in [-0.4, -0.2) is 9.49 Å². The van der Waals surface area contributed by atoms with Crippen LogP contribution in [-0.2, 0) is 13.0 Å². The van der Waals surface area contributed by atoms with Crippen molar-refractivity contribution >= 4 is 5.69 Å². The number of hydrogen-bond donors (Lipinski definition) is 1. The molecule has 0 amide bonds. The number of ether oxygens (including phenoxy) is 1. The third-order valence-electron chi connectivity index (χ3n) is 5.59. The van der Waals surface area contributed by atoms with Gasteiger partial charge in [-0.3, -0.25) is 14.9 Å². The zero-order chi connectivity index (χ0) is 22.8. The van der Waals surface area contributed by atoms with Gasteiger partial charge in [0, 0.05) is 30.4 Å². The number of nitrogens with zero attached hydrogens (tertiary/aromatic N) is 3. The molecule has 4 rings (SSSR count). The van der Waals surface area contributed by atoms with Gasteiger partial charge in [-0.15, -0.1) is 0 Å². The predicted octanol–water partition coefficient (Wildman–Crippen LogP) is 3.53. The molecule has 0 unspecified atom stereocenters. The molecular weight excluding hydrogens is 408 g/mol. The first-order valence-electron chi connectivity index (χ1n) is 10.0. The summed E-state index contributed by atoms with van der Waals surface area (Å²) in [5.74, 6) is -0.562. The SMILES string of the molecule is Cc1cc2c(c(=O)n1CCc1ccccc1)[C@H](c1ccc([N+](=O)[O-])cc1)C(C#N)=C(N)O2. The maximum atomic E-state index is 13.6. The van der Waals surface area contributed by atoms with Crippen molar-refractivity contribution < 1.29 is 9.66 Å². The highest BCUT2D eigenvalue weighted by molar-refractivity contribution is 5.56. The van der Waals surface area contributed by atoms with Crippen LogP contribution >= 0.6 is 0 Å². The molecule has 160 valence electrons. The molecule has 2 heterocycles. The summed E-state index contributed by atoms with van der Waals surface area (Å²) < 4.78 is 7.30. The van der Waals surface area contributed by atoms with Crippen LogP contribution in [0.2, 0.25) is 0 Å². The predicted molar refractivity (Wildman–Crippen MR) is 118 cm³/mol. The quantitative estimate of drug-likeness (QED) is 0.490. The third-order valence-corrected chi connectivity index (χ3v) is 5.59. The van der Waals surface area contributed by atoms with E-state index in [1.807, 2.05) is 43.3 Å². The van der Waals surface area contributed by atoms with Gasteiger partial charge in [0.05, 0.1) is 16.4 Å². The Morgan fingerprint density at radius 2 is 1.88 bits per heavy atom. The number of nitro groups is 1. The van der Waals surface area contributed by atoms with Crippen LogP contribution in [0.25, 0.3) is 0 Å². The highest BCUT2D eigenvalue weighted by atomic mass is 16.6. The van der Waals surface area contributed by atoms with Gasteiger partial charge >= 0.3 is 0 Å². The molecule has 0 saturated heterocycles. The second-order valence-corrected chi connectivity index (χ2v) is 7.53. The molecule has 0 fully saturated rings. The topological polar surface area (TPSA) is 124 Å². The summed E-state index contributed by atoms with van der Waals surface area (Å²) >= 11 is 0. The normalized spacial score (nSPS) is 14.9. The highest BCUT2D eigenvalue weighted by Gasteiger charge is 2.34. The molecule has 0 aliphatic carbocycles. The first-order chi connectivity index (χ1) is 15.4. The lowest BCUT2D eigenvalue weighted by Crippen LogP contribution is -2.33. The largest absolute Gasteiger partial charge is 0.440 e. The maximum Gasteiger partial charge on any atom is 0.269 e. The van der Waals surface area contributed by atoms with Crippen molar-refractivity contribution in [2.75, 3.05) is 0 Å². The van der Waals surface area contributed by atoms with Gasteiger partial charge in [0.25, 0.3) is 11.2 Å². The summed E-state index contributed by atoms with van der Waals surface area (Å²) in [6.45, 7) is 2.27. The molecule has 2 N–H and O–H groups in total. The highest BCUT2D eigenvalue weighted by Crippen LogP contribution is 2.40. The number of non-ortho nitro benzene ring substituents is 1. The summed E-state index contributed by atoms with van der Waals surface area (Å²) in [6.07, 6.45) is 0.659. The zero-order valence-electron chi connectivity index (χ0n) is 17.3. The third kappa shape index (κ3) is 3.72. The number of benzene rings is 2. The number of allylic oxidation sites excluding steroid dienone is 1. The number of fused-ring (bicyclic) bond motifs is 1. The first kappa shape index (κ1) is 20.9. The van der Waals surface area contributed by atoms with Crippen LogP contribution in [0.4, 0.5) is 5.69 Å². The lowest BCUT2D eigenvalue weighted by atomic mass is 9.84. The van der Waals surface area contributed by atoms with Gasteiger partial charge in [-0.2, -0.15) is 5.26 Å². The van der Waals surface area contributed by atoms with E-state index < -0.39 is 10.8 Å². The number of aromatic nitrogens is 1. The molecule has 1 atom stereocenters. The summed E-state index contributed by atoms with van der Waals surface area (Å²) in [6, 6.07) is 19.4. The van der Waals surface area contributed by atoms with E-state index in [9.17, 15) is 20.2 Å². The molecule has 1 aliphatic heterocycles. The average Bonchev–Trinajstić information content (AvgIpc) is 2.78. The van der Waals surface area contributed by atoms with E-state index in [1.165, 1.54) is 24.3 Å². The minimum absolute atomic E-state index is 0.0795. The molecule has 8 nitrogen and oxygen atoms in total. The number of hydrogen-bond acceptors (Lipinski definition) is 6. The van der Waals surface area contributed by atoms with Gasteiger partial charge < -0.3 is 15.0 Å². The Hall–Kier alpha value is -4.38. The van der Waals surface area contributed by atoms with Crippen LogP contribution < -0.4 is 16.0 Å². The van der Waals surface area contributed by atoms with Crippen molar-refractivity contribution in [2.45, 2.75) is 25.8 Å². The van der Waals surface area contributed by atoms with Crippen LogP contribution in [0.1, 0.15) is 28.3 Å². The lowest BCUT2D eigenvalue weighted by molar-refractivity contribution is -0.384. The smallest absolute Gasteiger partial charge is 0.269 e. The average molecular weight is 428 g/mol. The fourth-order valence-corrected chi connectivity index (χ4v) is 3.97. The standard InChI is InChI=1S/C24H20N4O4/c1-15-13-20-22(24(29)27(15)12-11-16-5-3-2-4-6-16)21(19(14-25)23(26)32-20)17-7-9-18(10-8-17)28(30)31/h2-10,13,21H,11-12,26H2,1H3/t21-/m1/s1. The minimum atomic E-state index is -0.777. The Morgan fingerprint density at radius 1 is 1.19 bits per heavy atom. The molecular formula is C24H20N4O4. The molecule has 0 saturated carbocycles. The molecule has 2 aromatic carbocycles. The summed E-state index contributed by atoms with van der Waals surface area (Å²) in [5, 5.41) is 20.8. The Bertz CT molecular complexity index is 1320. The van der Waals surface area contributed by atoms with Gasteiger partial charge in [0.1, 0.15) is 17.4 Å². The van der Waals surface area contributed by atoms with Gasteiger partial charge in [-0.25, -0.2) is 0 Å². The molecule has 0 radical (unpaired) electrons. The van der Waals surface area contributed by atoms with Crippen molar-refractivity contribution in [1.82, 2.24) is 4.57 Å². The number of aryl methyl sites for hydroxylation is 2.